The molecule has 11 nitrogen and oxygen atoms in total. The van der Waals surface area contributed by atoms with Crippen LogP contribution in [0, 0.1) is 0 Å². The Balaban J connectivity index is 1.55. The Morgan fingerprint density at radius 3 is 2.97 bits per heavy atom. The highest BCUT2D eigenvalue weighted by Crippen LogP contribution is 2.42. The van der Waals surface area contributed by atoms with Crippen LogP contribution in [0.15, 0.2) is 34.9 Å². The zero-order chi connectivity index (χ0) is 21.5. The van der Waals surface area contributed by atoms with Crippen LogP contribution in [0.25, 0.3) is 11.5 Å². The summed E-state index contributed by atoms with van der Waals surface area (Å²) >= 11 is 0. The van der Waals surface area contributed by atoms with E-state index in [4.69, 9.17) is 10.2 Å². The molecule has 3 aromatic rings. The van der Waals surface area contributed by atoms with Crippen LogP contribution in [0.1, 0.15) is 45.5 Å². The highest BCUT2D eigenvalue weighted by Gasteiger charge is 2.40. The first kappa shape index (κ1) is 19.0. The molecule has 4 heterocycles. The highest BCUT2D eigenvalue weighted by molar-refractivity contribution is 5.99. The van der Waals surface area contributed by atoms with E-state index in [0.717, 1.165) is 18.4 Å². The number of carbonyl (C=O) groups excluding carboxylic acids is 2. The standard InChI is InChI=1S/C20H20N8O3/c1-22-20-24-9-13-16(25-20)28-12(8-23-17(13)30)5-6-14(28)10-3-2-4-11(7-10)18-26-27-19(31-18)15(21)29/h2-4,7,9,12,14H,5-6,8H2,1H3,(H2,21,29)(H,23,30)(H,22,24,25). The normalized spacial score (nSPS) is 19.9. The number of rotatable bonds is 4. The molecule has 1 saturated heterocycles. The Bertz CT molecular complexity index is 1180. The van der Waals surface area contributed by atoms with Crippen LogP contribution >= 0.6 is 0 Å². The number of primary amides is 1. The van der Waals surface area contributed by atoms with Gasteiger partial charge in [-0.05, 0) is 30.5 Å². The lowest BCUT2D eigenvalue weighted by atomic mass is 10.0. The van der Waals surface area contributed by atoms with Crippen molar-refractivity contribution in [2.24, 2.45) is 5.73 Å². The minimum Gasteiger partial charge on any atom is -0.412 e. The van der Waals surface area contributed by atoms with Gasteiger partial charge in [0.1, 0.15) is 11.4 Å². The van der Waals surface area contributed by atoms with Crippen molar-refractivity contribution in [2.75, 3.05) is 23.8 Å². The molecule has 1 fully saturated rings. The molecule has 0 bridgehead atoms. The van der Waals surface area contributed by atoms with Gasteiger partial charge in [0.2, 0.25) is 11.8 Å². The molecule has 2 atom stereocenters. The number of carbonyl (C=O) groups is 2. The summed E-state index contributed by atoms with van der Waals surface area (Å²) in [7, 11) is 1.74. The molecular formula is C20H20N8O3. The van der Waals surface area contributed by atoms with E-state index >= 15 is 0 Å². The van der Waals surface area contributed by atoms with Crippen LogP contribution in [-0.4, -0.2) is 51.6 Å². The Kier molecular flexibility index (Phi) is 4.50. The smallest absolute Gasteiger partial charge is 0.306 e. The van der Waals surface area contributed by atoms with E-state index < -0.39 is 5.91 Å². The molecule has 2 aliphatic heterocycles. The van der Waals surface area contributed by atoms with Gasteiger partial charge in [-0.1, -0.05) is 12.1 Å². The lowest BCUT2D eigenvalue weighted by molar-refractivity contribution is 0.0951. The predicted octanol–water partition coefficient (Wildman–Crippen LogP) is 1.12. The van der Waals surface area contributed by atoms with E-state index in [9.17, 15) is 9.59 Å². The first-order chi connectivity index (χ1) is 15.0. The van der Waals surface area contributed by atoms with Gasteiger partial charge in [-0.3, -0.25) is 9.59 Å². The van der Waals surface area contributed by atoms with Crippen molar-refractivity contribution < 1.29 is 14.0 Å². The summed E-state index contributed by atoms with van der Waals surface area (Å²) in [6.45, 7) is 0.534. The van der Waals surface area contributed by atoms with E-state index in [0.29, 0.717) is 29.4 Å². The van der Waals surface area contributed by atoms with E-state index in [-0.39, 0.29) is 29.8 Å². The Labute approximate surface area is 177 Å². The van der Waals surface area contributed by atoms with Crippen LogP contribution in [0.5, 0.6) is 0 Å². The Hall–Kier alpha value is -4.02. The summed E-state index contributed by atoms with van der Waals surface area (Å²) in [5, 5.41) is 13.5. The molecule has 31 heavy (non-hydrogen) atoms. The summed E-state index contributed by atoms with van der Waals surface area (Å²) in [6, 6.07) is 7.80. The lowest BCUT2D eigenvalue weighted by Crippen LogP contribution is -2.37. The second-order valence-electron chi connectivity index (χ2n) is 7.45. The summed E-state index contributed by atoms with van der Waals surface area (Å²) in [5.41, 5.74) is 7.36. The molecule has 158 valence electrons. The number of hydrogen-bond acceptors (Lipinski definition) is 9. The van der Waals surface area contributed by atoms with E-state index in [1.54, 1.807) is 13.2 Å². The van der Waals surface area contributed by atoms with E-state index in [2.05, 4.69) is 35.7 Å². The topological polar surface area (TPSA) is 152 Å². The van der Waals surface area contributed by atoms with Gasteiger partial charge < -0.3 is 25.7 Å². The van der Waals surface area contributed by atoms with Gasteiger partial charge in [0.15, 0.2) is 0 Å². The van der Waals surface area contributed by atoms with Crippen molar-refractivity contribution in [3.8, 4) is 11.5 Å². The minimum atomic E-state index is -0.771. The molecule has 1 aromatic carbocycles. The number of nitrogens with two attached hydrogens (primary N) is 1. The maximum atomic E-state index is 12.6. The zero-order valence-electron chi connectivity index (χ0n) is 16.7. The van der Waals surface area contributed by atoms with E-state index in [1.807, 2.05) is 24.3 Å². The largest absolute Gasteiger partial charge is 0.412 e. The number of anilines is 2. The van der Waals surface area contributed by atoms with Gasteiger partial charge in [-0.15, -0.1) is 10.2 Å². The van der Waals surface area contributed by atoms with E-state index in [1.165, 1.54) is 0 Å². The summed E-state index contributed by atoms with van der Waals surface area (Å²) < 4.78 is 5.38. The van der Waals surface area contributed by atoms with Crippen LogP contribution in [0.2, 0.25) is 0 Å². The monoisotopic (exact) mass is 420 g/mol. The maximum Gasteiger partial charge on any atom is 0.306 e. The molecule has 0 saturated carbocycles. The SMILES string of the molecule is CNc1ncc2c(n1)N1C(CCC1c1cccc(-c3nnc(C(N)=O)o3)c1)CNC2=O. The zero-order valence-corrected chi connectivity index (χ0v) is 16.7. The molecule has 5 rings (SSSR count). The van der Waals surface area contributed by atoms with Crippen molar-refractivity contribution >= 4 is 23.6 Å². The molecular weight excluding hydrogens is 400 g/mol. The fourth-order valence-corrected chi connectivity index (χ4v) is 4.21. The summed E-state index contributed by atoms with van der Waals surface area (Å²) in [6.07, 6.45) is 3.35. The minimum absolute atomic E-state index is 0.00506. The summed E-state index contributed by atoms with van der Waals surface area (Å²) in [4.78, 5) is 34.9. The number of hydrogen-bond donors (Lipinski definition) is 3. The first-order valence-corrected chi connectivity index (χ1v) is 9.90. The molecule has 4 N–H and O–H groups in total. The van der Waals surface area contributed by atoms with Gasteiger partial charge in [0.25, 0.3) is 5.91 Å². The Morgan fingerprint density at radius 2 is 2.19 bits per heavy atom. The second-order valence-corrected chi connectivity index (χ2v) is 7.45. The summed E-state index contributed by atoms with van der Waals surface area (Å²) in [5.74, 6) is 0.107. The first-order valence-electron chi connectivity index (χ1n) is 9.90. The van der Waals surface area contributed by atoms with Crippen LogP contribution in [-0.2, 0) is 0 Å². The fraction of sp³-hybridized carbons (Fsp3) is 0.300. The van der Waals surface area contributed by atoms with Gasteiger partial charge in [0.05, 0.1) is 6.04 Å². The van der Waals surface area contributed by atoms with Crippen LogP contribution < -0.4 is 21.3 Å². The maximum absolute atomic E-state index is 12.6. The van der Waals surface area contributed by atoms with Gasteiger partial charge in [0, 0.05) is 31.4 Å². The lowest BCUT2D eigenvalue weighted by Gasteiger charge is -2.31. The molecule has 11 heteroatoms. The highest BCUT2D eigenvalue weighted by atomic mass is 16.4. The fourth-order valence-electron chi connectivity index (χ4n) is 4.21. The molecule has 0 radical (unpaired) electrons. The van der Waals surface area contributed by atoms with Crippen molar-refractivity contribution in [3.63, 3.8) is 0 Å². The molecule has 0 spiro atoms. The molecule has 0 aliphatic carbocycles. The van der Waals surface area contributed by atoms with Crippen molar-refractivity contribution in [1.82, 2.24) is 25.5 Å². The number of nitrogens with zero attached hydrogens (tertiary/aromatic N) is 5. The van der Waals surface area contributed by atoms with Crippen molar-refractivity contribution in [3.05, 3.63) is 47.5 Å². The molecule has 2 amide bonds. The third-order valence-electron chi connectivity index (χ3n) is 5.64. The number of fused-ring (bicyclic) bond motifs is 3. The molecule has 2 unspecified atom stereocenters. The van der Waals surface area contributed by atoms with Crippen LogP contribution in [0.3, 0.4) is 0 Å². The van der Waals surface area contributed by atoms with Gasteiger partial charge >= 0.3 is 11.8 Å². The number of benzene rings is 1. The third kappa shape index (κ3) is 3.23. The van der Waals surface area contributed by atoms with Crippen molar-refractivity contribution in [2.45, 2.75) is 24.9 Å². The number of nitrogens with one attached hydrogen (secondary N) is 2. The predicted molar refractivity (Wildman–Crippen MR) is 110 cm³/mol. The van der Waals surface area contributed by atoms with Gasteiger partial charge in [-0.2, -0.15) is 4.98 Å². The molecule has 2 aromatic heterocycles. The Morgan fingerprint density at radius 1 is 1.32 bits per heavy atom. The average Bonchev–Trinajstić information content (AvgIpc) is 3.42. The van der Waals surface area contributed by atoms with Crippen LogP contribution in [0.4, 0.5) is 11.8 Å². The van der Waals surface area contributed by atoms with Crippen molar-refractivity contribution in [1.29, 1.82) is 0 Å². The molecule has 2 aliphatic rings. The number of aromatic nitrogens is 4. The second kappa shape index (κ2) is 7.35. The average molecular weight is 420 g/mol. The third-order valence-corrected chi connectivity index (χ3v) is 5.64. The van der Waals surface area contributed by atoms with Gasteiger partial charge in [-0.25, -0.2) is 4.98 Å². The number of amides is 2. The quantitative estimate of drug-likeness (QED) is 0.563.